The van der Waals surface area contributed by atoms with Gasteiger partial charge in [0.15, 0.2) is 0 Å². The van der Waals surface area contributed by atoms with Crippen LogP contribution in [0.15, 0.2) is 109 Å². The van der Waals surface area contributed by atoms with Crippen LogP contribution in [0.1, 0.15) is 25.0 Å². The standard InChI is InChI=1S/C31H24/c1-31(2)29-11-7-6-10-27(29)28-17-16-26(20-30(28)31)25-15-14-23-18-22(12-13-24(23)19-25)21-8-4-3-5-9-21/h3-20H,1-2H3. The summed E-state index contributed by atoms with van der Waals surface area (Å²) < 4.78 is 0. The van der Waals surface area contributed by atoms with Gasteiger partial charge < -0.3 is 0 Å². The van der Waals surface area contributed by atoms with Crippen molar-refractivity contribution in [2.75, 3.05) is 0 Å². The van der Waals surface area contributed by atoms with Crippen LogP contribution in [-0.2, 0) is 5.41 Å². The van der Waals surface area contributed by atoms with Gasteiger partial charge in [0.1, 0.15) is 0 Å². The van der Waals surface area contributed by atoms with E-state index in [0.29, 0.717) is 0 Å². The molecule has 0 aliphatic heterocycles. The molecule has 0 saturated carbocycles. The molecule has 0 radical (unpaired) electrons. The third-order valence-corrected chi connectivity index (χ3v) is 6.86. The van der Waals surface area contributed by atoms with Crippen molar-refractivity contribution in [1.82, 2.24) is 0 Å². The zero-order valence-electron chi connectivity index (χ0n) is 17.9. The number of hydrogen-bond acceptors (Lipinski definition) is 0. The molecular formula is C31H24. The summed E-state index contributed by atoms with van der Waals surface area (Å²) in [6.45, 7) is 4.68. The Hall–Kier alpha value is -3.64. The number of fused-ring (bicyclic) bond motifs is 4. The summed E-state index contributed by atoms with van der Waals surface area (Å²) in [6.07, 6.45) is 0. The molecule has 0 unspecified atom stereocenters. The van der Waals surface area contributed by atoms with Crippen molar-refractivity contribution in [3.05, 3.63) is 120 Å². The van der Waals surface area contributed by atoms with E-state index in [9.17, 15) is 0 Å². The van der Waals surface area contributed by atoms with Gasteiger partial charge in [-0.1, -0.05) is 105 Å². The fourth-order valence-electron chi connectivity index (χ4n) is 5.12. The van der Waals surface area contributed by atoms with Gasteiger partial charge in [-0.25, -0.2) is 0 Å². The minimum atomic E-state index is 0.0311. The molecule has 0 heteroatoms. The highest BCUT2D eigenvalue weighted by atomic mass is 14.4. The molecule has 1 aliphatic rings. The Kier molecular flexibility index (Phi) is 3.91. The van der Waals surface area contributed by atoms with E-state index in [1.54, 1.807) is 0 Å². The highest BCUT2D eigenvalue weighted by Gasteiger charge is 2.35. The fourth-order valence-corrected chi connectivity index (χ4v) is 5.12. The van der Waals surface area contributed by atoms with Crippen molar-refractivity contribution >= 4 is 10.8 Å². The maximum atomic E-state index is 2.40. The summed E-state index contributed by atoms with van der Waals surface area (Å²) in [5.41, 5.74) is 10.7. The Balaban J connectivity index is 1.43. The summed E-state index contributed by atoms with van der Waals surface area (Å²) in [5.74, 6) is 0. The summed E-state index contributed by atoms with van der Waals surface area (Å²) in [7, 11) is 0. The first-order valence-corrected chi connectivity index (χ1v) is 11.0. The molecule has 5 aromatic rings. The zero-order chi connectivity index (χ0) is 21.0. The summed E-state index contributed by atoms with van der Waals surface area (Å²) in [6, 6.07) is 40.0. The molecule has 1 aliphatic carbocycles. The lowest BCUT2D eigenvalue weighted by atomic mass is 9.81. The molecule has 0 N–H and O–H groups in total. The monoisotopic (exact) mass is 396 g/mol. The molecule has 0 aromatic heterocycles. The molecule has 0 fully saturated rings. The van der Waals surface area contributed by atoms with Crippen LogP contribution >= 0.6 is 0 Å². The van der Waals surface area contributed by atoms with E-state index in [2.05, 4.69) is 123 Å². The minimum absolute atomic E-state index is 0.0311. The van der Waals surface area contributed by atoms with Crippen molar-refractivity contribution in [3.63, 3.8) is 0 Å². The molecule has 0 saturated heterocycles. The van der Waals surface area contributed by atoms with Crippen LogP contribution in [0.5, 0.6) is 0 Å². The lowest BCUT2D eigenvalue weighted by molar-refractivity contribution is 0.660. The molecule has 5 aromatic carbocycles. The van der Waals surface area contributed by atoms with Gasteiger partial charge in [-0.05, 0) is 73.5 Å². The first-order chi connectivity index (χ1) is 15.1. The second kappa shape index (κ2) is 6.68. The van der Waals surface area contributed by atoms with Gasteiger partial charge in [0.2, 0.25) is 0 Å². The lowest BCUT2D eigenvalue weighted by Gasteiger charge is -2.22. The van der Waals surface area contributed by atoms with E-state index in [1.807, 2.05) is 0 Å². The number of rotatable bonds is 2. The van der Waals surface area contributed by atoms with E-state index < -0.39 is 0 Å². The second-order valence-electron chi connectivity index (χ2n) is 9.07. The van der Waals surface area contributed by atoms with E-state index in [1.165, 1.54) is 55.3 Å². The van der Waals surface area contributed by atoms with Crippen LogP contribution in [0.2, 0.25) is 0 Å². The highest BCUT2D eigenvalue weighted by Crippen LogP contribution is 2.49. The van der Waals surface area contributed by atoms with Crippen LogP contribution in [0.4, 0.5) is 0 Å². The fraction of sp³-hybridized carbons (Fsp3) is 0.0968. The maximum absolute atomic E-state index is 2.40. The average molecular weight is 397 g/mol. The predicted octanol–water partition coefficient (Wildman–Crippen LogP) is 8.48. The van der Waals surface area contributed by atoms with Gasteiger partial charge in [0.05, 0.1) is 0 Å². The first-order valence-electron chi connectivity index (χ1n) is 11.0. The van der Waals surface area contributed by atoms with Gasteiger partial charge in [-0.3, -0.25) is 0 Å². The van der Waals surface area contributed by atoms with Gasteiger partial charge >= 0.3 is 0 Å². The molecule has 0 amide bonds. The van der Waals surface area contributed by atoms with E-state index in [0.717, 1.165) is 0 Å². The van der Waals surface area contributed by atoms with Crippen LogP contribution in [0.25, 0.3) is 44.2 Å². The topological polar surface area (TPSA) is 0 Å². The second-order valence-corrected chi connectivity index (χ2v) is 9.07. The first kappa shape index (κ1) is 18.2. The minimum Gasteiger partial charge on any atom is -0.0622 e. The normalized spacial score (nSPS) is 13.7. The van der Waals surface area contributed by atoms with Crippen molar-refractivity contribution in [2.45, 2.75) is 19.3 Å². The molecule has 0 nitrogen and oxygen atoms in total. The predicted molar refractivity (Wildman–Crippen MR) is 132 cm³/mol. The summed E-state index contributed by atoms with van der Waals surface area (Å²) >= 11 is 0. The lowest BCUT2D eigenvalue weighted by Crippen LogP contribution is -2.14. The molecular weight excluding hydrogens is 372 g/mol. The SMILES string of the molecule is CC1(C)c2ccccc2-c2ccc(-c3ccc4cc(-c5ccccc5)ccc4c3)cc21. The Morgan fingerprint density at radius 2 is 0.968 bits per heavy atom. The highest BCUT2D eigenvalue weighted by molar-refractivity contribution is 5.91. The number of hydrogen-bond donors (Lipinski definition) is 0. The van der Waals surface area contributed by atoms with Crippen molar-refractivity contribution in [3.8, 4) is 33.4 Å². The summed E-state index contributed by atoms with van der Waals surface area (Å²) in [5, 5.41) is 2.55. The quantitative estimate of drug-likeness (QED) is 0.281. The van der Waals surface area contributed by atoms with Crippen molar-refractivity contribution in [2.24, 2.45) is 0 Å². The largest absolute Gasteiger partial charge is 0.0622 e. The van der Waals surface area contributed by atoms with Crippen molar-refractivity contribution < 1.29 is 0 Å². The Labute approximate surface area is 183 Å². The Morgan fingerprint density at radius 3 is 1.71 bits per heavy atom. The Morgan fingerprint density at radius 1 is 0.419 bits per heavy atom. The maximum Gasteiger partial charge on any atom is 0.0159 e. The molecule has 0 atom stereocenters. The molecule has 148 valence electrons. The van der Waals surface area contributed by atoms with E-state index in [4.69, 9.17) is 0 Å². The van der Waals surface area contributed by atoms with Crippen LogP contribution in [0.3, 0.4) is 0 Å². The number of benzene rings is 5. The average Bonchev–Trinajstić information content (AvgIpc) is 3.06. The van der Waals surface area contributed by atoms with Crippen LogP contribution < -0.4 is 0 Å². The zero-order valence-corrected chi connectivity index (χ0v) is 17.9. The van der Waals surface area contributed by atoms with Crippen molar-refractivity contribution in [1.29, 1.82) is 0 Å². The van der Waals surface area contributed by atoms with Crippen LogP contribution in [-0.4, -0.2) is 0 Å². The third kappa shape index (κ3) is 2.83. The van der Waals surface area contributed by atoms with Crippen LogP contribution in [0, 0.1) is 0 Å². The third-order valence-electron chi connectivity index (χ3n) is 6.86. The summed E-state index contributed by atoms with van der Waals surface area (Å²) in [4.78, 5) is 0. The molecule has 6 rings (SSSR count). The molecule has 31 heavy (non-hydrogen) atoms. The van der Waals surface area contributed by atoms with Gasteiger partial charge in [-0.2, -0.15) is 0 Å². The smallest absolute Gasteiger partial charge is 0.0159 e. The molecule has 0 spiro atoms. The van der Waals surface area contributed by atoms with E-state index in [-0.39, 0.29) is 5.41 Å². The van der Waals surface area contributed by atoms with Gasteiger partial charge in [0, 0.05) is 5.41 Å². The molecule has 0 bridgehead atoms. The molecule has 0 heterocycles. The van der Waals surface area contributed by atoms with Gasteiger partial charge in [0.25, 0.3) is 0 Å². The van der Waals surface area contributed by atoms with Gasteiger partial charge in [-0.15, -0.1) is 0 Å². The Bertz CT molecular complexity index is 1440. The van der Waals surface area contributed by atoms with E-state index >= 15 is 0 Å².